The summed E-state index contributed by atoms with van der Waals surface area (Å²) in [5, 5.41) is 0. The van der Waals surface area contributed by atoms with E-state index in [1.807, 2.05) is 13.0 Å². The van der Waals surface area contributed by atoms with Gasteiger partial charge in [-0.25, -0.2) is 4.98 Å². The largest absolute Gasteiger partial charge is 0.497 e. The predicted molar refractivity (Wildman–Crippen MR) is 135 cm³/mol. The molecular formula is C22H20I2N4O. The van der Waals surface area contributed by atoms with Crippen molar-refractivity contribution >= 4 is 56.9 Å². The van der Waals surface area contributed by atoms with Gasteiger partial charge >= 0.3 is 0 Å². The SMILES string of the molecule is COc1cc(-c2c(I)cccc2I)cc(C(C)C#Cc2c(C)nc(N)nc2N)c1. The normalized spacial score (nSPS) is 11.5. The number of nitrogen functional groups attached to an aromatic ring is 2. The van der Waals surface area contributed by atoms with Crippen molar-refractivity contribution in [3.05, 3.63) is 60.4 Å². The third-order valence-electron chi connectivity index (χ3n) is 4.46. The zero-order valence-electron chi connectivity index (χ0n) is 16.3. The molecule has 0 aliphatic carbocycles. The minimum absolute atomic E-state index is 0.0424. The number of benzene rings is 2. The number of anilines is 2. The summed E-state index contributed by atoms with van der Waals surface area (Å²) in [7, 11) is 1.68. The molecule has 0 saturated heterocycles. The summed E-state index contributed by atoms with van der Waals surface area (Å²) in [6, 6.07) is 12.5. The van der Waals surface area contributed by atoms with Gasteiger partial charge in [-0.1, -0.05) is 17.9 Å². The third kappa shape index (κ3) is 4.93. The standard InChI is InChI=1S/C22H20I2N4O/c1-12(7-8-17-13(2)27-22(26)28-21(17)25)14-9-15(11-16(10-14)29-3)20-18(23)5-4-6-19(20)24/h4-6,9-12H,1-3H3,(H4,25,26,27,28). The molecule has 29 heavy (non-hydrogen) atoms. The Hall–Kier alpha value is -2.06. The smallest absolute Gasteiger partial charge is 0.222 e. The summed E-state index contributed by atoms with van der Waals surface area (Å²) in [5.74, 6) is 7.61. The number of hydrogen-bond acceptors (Lipinski definition) is 5. The Labute approximate surface area is 197 Å². The number of nitrogens with zero attached hydrogens (tertiary/aromatic N) is 2. The van der Waals surface area contributed by atoms with Crippen molar-refractivity contribution in [3.8, 4) is 28.7 Å². The van der Waals surface area contributed by atoms with E-state index in [0.29, 0.717) is 17.1 Å². The first-order chi connectivity index (χ1) is 13.8. The van der Waals surface area contributed by atoms with Crippen LogP contribution in [0.2, 0.25) is 0 Å². The molecule has 3 rings (SSSR count). The maximum Gasteiger partial charge on any atom is 0.222 e. The monoisotopic (exact) mass is 610 g/mol. The van der Waals surface area contributed by atoms with Crippen LogP contribution in [-0.2, 0) is 0 Å². The Morgan fingerprint density at radius 3 is 2.38 bits per heavy atom. The van der Waals surface area contributed by atoms with Gasteiger partial charge in [-0.2, -0.15) is 4.98 Å². The molecule has 1 heterocycles. The Balaban J connectivity index is 2.04. The quantitative estimate of drug-likeness (QED) is 0.323. The molecule has 1 atom stereocenters. The van der Waals surface area contributed by atoms with Crippen LogP contribution in [0.1, 0.15) is 29.7 Å². The number of methoxy groups -OCH3 is 1. The number of halogens is 2. The fraction of sp³-hybridized carbons (Fsp3) is 0.182. The lowest BCUT2D eigenvalue weighted by Crippen LogP contribution is -2.05. The van der Waals surface area contributed by atoms with Crippen LogP contribution in [0.4, 0.5) is 11.8 Å². The summed E-state index contributed by atoms with van der Waals surface area (Å²) in [4.78, 5) is 8.15. The predicted octanol–water partition coefficient (Wildman–Crippen LogP) is 4.99. The molecule has 0 aliphatic heterocycles. The minimum Gasteiger partial charge on any atom is -0.497 e. The van der Waals surface area contributed by atoms with E-state index >= 15 is 0 Å². The number of aryl methyl sites for hydroxylation is 1. The van der Waals surface area contributed by atoms with Gasteiger partial charge in [-0.15, -0.1) is 0 Å². The highest BCUT2D eigenvalue weighted by Gasteiger charge is 2.13. The fourth-order valence-electron chi connectivity index (χ4n) is 2.94. The third-order valence-corrected chi connectivity index (χ3v) is 6.26. The highest BCUT2D eigenvalue weighted by atomic mass is 127. The lowest BCUT2D eigenvalue weighted by molar-refractivity contribution is 0.414. The lowest BCUT2D eigenvalue weighted by Gasteiger charge is -2.14. The minimum atomic E-state index is -0.0424. The van der Waals surface area contributed by atoms with Crippen molar-refractivity contribution in [1.82, 2.24) is 9.97 Å². The van der Waals surface area contributed by atoms with Crippen LogP contribution in [0.15, 0.2) is 36.4 Å². The van der Waals surface area contributed by atoms with Crippen molar-refractivity contribution in [3.63, 3.8) is 0 Å². The summed E-state index contributed by atoms with van der Waals surface area (Å²) >= 11 is 4.73. The van der Waals surface area contributed by atoms with E-state index in [0.717, 1.165) is 16.9 Å². The Kier molecular flexibility index (Phi) is 6.85. The number of ether oxygens (including phenoxy) is 1. The molecule has 7 heteroatoms. The summed E-state index contributed by atoms with van der Waals surface area (Å²) < 4.78 is 7.93. The highest BCUT2D eigenvalue weighted by molar-refractivity contribution is 14.1. The molecule has 4 N–H and O–H groups in total. The van der Waals surface area contributed by atoms with Gasteiger partial charge in [-0.3, -0.25) is 0 Å². The summed E-state index contributed by atoms with van der Waals surface area (Å²) in [6.07, 6.45) is 0. The van der Waals surface area contributed by atoms with Gasteiger partial charge in [0, 0.05) is 18.6 Å². The average Bonchev–Trinajstić information content (AvgIpc) is 2.66. The summed E-state index contributed by atoms with van der Waals surface area (Å²) in [5.41, 5.74) is 16.3. The van der Waals surface area contributed by atoms with Gasteiger partial charge in [0.1, 0.15) is 11.6 Å². The second-order valence-electron chi connectivity index (χ2n) is 6.51. The summed E-state index contributed by atoms with van der Waals surface area (Å²) in [6.45, 7) is 3.88. The highest BCUT2D eigenvalue weighted by Crippen LogP contribution is 2.34. The molecule has 2 aromatic carbocycles. The second kappa shape index (κ2) is 9.17. The molecule has 3 aromatic rings. The molecule has 1 aromatic heterocycles. The van der Waals surface area contributed by atoms with E-state index in [2.05, 4.69) is 104 Å². The first-order valence-corrected chi connectivity index (χ1v) is 11.0. The van der Waals surface area contributed by atoms with Crippen LogP contribution < -0.4 is 16.2 Å². The molecule has 0 bridgehead atoms. The fourth-order valence-corrected chi connectivity index (χ4v) is 5.08. The van der Waals surface area contributed by atoms with Crippen LogP contribution >= 0.6 is 45.2 Å². The van der Waals surface area contributed by atoms with Gasteiger partial charge < -0.3 is 16.2 Å². The molecule has 0 aliphatic rings. The van der Waals surface area contributed by atoms with Crippen molar-refractivity contribution in [2.75, 3.05) is 18.6 Å². The first kappa shape index (κ1) is 21.6. The molecule has 0 fully saturated rings. The molecule has 0 amide bonds. The van der Waals surface area contributed by atoms with E-state index in [4.69, 9.17) is 16.2 Å². The van der Waals surface area contributed by atoms with Crippen molar-refractivity contribution < 1.29 is 4.74 Å². The van der Waals surface area contributed by atoms with Gasteiger partial charge in [0.25, 0.3) is 0 Å². The van der Waals surface area contributed by atoms with E-state index in [9.17, 15) is 0 Å². The number of hydrogen-bond donors (Lipinski definition) is 2. The van der Waals surface area contributed by atoms with Crippen LogP contribution in [0, 0.1) is 25.9 Å². The molecule has 0 spiro atoms. The molecule has 0 radical (unpaired) electrons. The Bertz CT molecular complexity index is 1090. The first-order valence-electron chi connectivity index (χ1n) is 8.84. The topological polar surface area (TPSA) is 87.0 Å². The lowest BCUT2D eigenvalue weighted by atomic mass is 9.95. The zero-order chi connectivity index (χ0) is 21.1. The van der Waals surface area contributed by atoms with E-state index in [-0.39, 0.29) is 11.9 Å². The number of aromatic nitrogens is 2. The van der Waals surface area contributed by atoms with Crippen LogP contribution in [-0.4, -0.2) is 17.1 Å². The molecule has 5 nitrogen and oxygen atoms in total. The second-order valence-corrected chi connectivity index (χ2v) is 8.83. The Morgan fingerprint density at radius 1 is 1.07 bits per heavy atom. The van der Waals surface area contributed by atoms with Gasteiger partial charge in [0.15, 0.2) is 0 Å². The number of rotatable bonds is 3. The van der Waals surface area contributed by atoms with E-state index < -0.39 is 0 Å². The van der Waals surface area contributed by atoms with Crippen LogP contribution in [0.25, 0.3) is 11.1 Å². The molecule has 1 unspecified atom stereocenters. The average molecular weight is 610 g/mol. The van der Waals surface area contributed by atoms with Crippen molar-refractivity contribution in [1.29, 1.82) is 0 Å². The maximum absolute atomic E-state index is 5.97. The van der Waals surface area contributed by atoms with E-state index in [1.165, 1.54) is 12.7 Å². The van der Waals surface area contributed by atoms with Crippen molar-refractivity contribution in [2.24, 2.45) is 0 Å². The zero-order valence-corrected chi connectivity index (χ0v) is 20.6. The van der Waals surface area contributed by atoms with Gasteiger partial charge in [0.2, 0.25) is 5.95 Å². The van der Waals surface area contributed by atoms with Gasteiger partial charge in [0.05, 0.1) is 18.4 Å². The van der Waals surface area contributed by atoms with Crippen molar-refractivity contribution in [2.45, 2.75) is 19.8 Å². The van der Waals surface area contributed by atoms with E-state index in [1.54, 1.807) is 7.11 Å². The molecule has 0 saturated carbocycles. The molecular weight excluding hydrogens is 590 g/mol. The number of nitrogens with two attached hydrogens (primary N) is 2. The maximum atomic E-state index is 5.97. The molecule has 148 valence electrons. The van der Waals surface area contributed by atoms with Crippen LogP contribution in [0.3, 0.4) is 0 Å². The van der Waals surface area contributed by atoms with Crippen LogP contribution in [0.5, 0.6) is 5.75 Å². The van der Waals surface area contributed by atoms with Gasteiger partial charge in [-0.05, 0) is 100 Å². The Morgan fingerprint density at radius 2 is 1.76 bits per heavy atom.